The minimum Gasteiger partial charge on any atom is -0.392 e. The number of morpholine rings is 1. The predicted molar refractivity (Wildman–Crippen MR) is 72.3 cm³/mol. The van der Waals surface area contributed by atoms with Crippen molar-refractivity contribution in [3.63, 3.8) is 0 Å². The van der Waals surface area contributed by atoms with E-state index >= 15 is 0 Å². The number of carbonyl (C=O) groups is 1. The third kappa shape index (κ3) is 2.57. The van der Waals surface area contributed by atoms with Crippen LogP contribution >= 0.6 is 0 Å². The van der Waals surface area contributed by atoms with Crippen molar-refractivity contribution in [1.29, 1.82) is 0 Å². The van der Waals surface area contributed by atoms with Crippen LogP contribution in [-0.2, 0) is 14.3 Å². The molecule has 6 nitrogen and oxygen atoms in total. The molecule has 2 saturated heterocycles. The summed E-state index contributed by atoms with van der Waals surface area (Å²) < 4.78 is 10.6. The molecule has 1 saturated carbocycles. The normalized spacial score (nSPS) is 33.0. The minimum absolute atomic E-state index is 0.0659. The number of ether oxygens (including phenoxy) is 2. The van der Waals surface area contributed by atoms with Crippen molar-refractivity contribution in [2.75, 3.05) is 46.1 Å². The summed E-state index contributed by atoms with van der Waals surface area (Å²) in [7, 11) is 0. The maximum Gasteiger partial charge on any atom is 0.236 e. The molecule has 1 spiro atoms. The third-order valence-electron chi connectivity index (χ3n) is 5.10. The number of carbonyl (C=O) groups excluding carboxylic acids is 1. The van der Waals surface area contributed by atoms with Crippen molar-refractivity contribution >= 4 is 5.91 Å². The Morgan fingerprint density at radius 1 is 1.20 bits per heavy atom. The van der Waals surface area contributed by atoms with E-state index in [0.717, 1.165) is 19.3 Å². The van der Waals surface area contributed by atoms with Crippen LogP contribution in [0.15, 0.2) is 0 Å². The average molecular weight is 284 g/mol. The summed E-state index contributed by atoms with van der Waals surface area (Å²) >= 11 is 0. The number of nitrogens with zero attached hydrogens (tertiary/aromatic N) is 1. The molecule has 6 heteroatoms. The fourth-order valence-electron chi connectivity index (χ4n) is 3.62. The molecule has 0 bridgehead atoms. The summed E-state index contributed by atoms with van der Waals surface area (Å²) in [4.78, 5) is 14.0. The first-order chi connectivity index (χ1) is 9.72. The van der Waals surface area contributed by atoms with Crippen LogP contribution in [0.25, 0.3) is 0 Å². The summed E-state index contributed by atoms with van der Waals surface area (Å²) in [6.45, 7) is 4.43. The van der Waals surface area contributed by atoms with E-state index in [1.807, 2.05) is 4.90 Å². The quantitative estimate of drug-likeness (QED) is 0.722. The monoisotopic (exact) mass is 284 g/mol. The Bertz CT molecular complexity index is 351. The molecule has 114 valence electrons. The standard InChI is InChI=1S/C14H24N2O4/c17-12-9-11(14(12)1-5-19-6-2-14)15-10-13(18)16-3-7-20-8-4-16/h11-12,15,17H,1-10H2/t11-,12-/m1/s1. The van der Waals surface area contributed by atoms with Crippen LogP contribution in [0.4, 0.5) is 0 Å². The van der Waals surface area contributed by atoms with Gasteiger partial charge < -0.3 is 24.8 Å². The second-order valence-corrected chi connectivity index (χ2v) is 6.02. The first-order valence-electron chi connectivity index (χ1n) is 7.57. The Balaban J connectivity index is 1.49. The Kier molecular flexibility index (Phi) is 4.26. The molecule has 1 aliphatic carbocycles. The molecule has 0 aromatic heterocycles. The molecule has 3 rings (SSSR count). The topological polar surface area (TPSA) is 71.0 Å². The van der Waals surface area contributed by atoms with Gasteiger partial charge in [-0.05, 0) is 19.3 Å². The predicted octanol–water partition coefficient (Wildman–Crippen LogP) is -0.635. The summed E-state index contributed by atoms with van der Waals surface area (Å²) in [5.74, 6) is 0.136. The van der Waals surface area contributed by atoms with Crippen LogP contribution in [0, 0.1) is 5.41 Å². The highest BCUT2D eigenvalue weighted by atomic mass is 16.5. The van der Waals surface area contributed by atoms with Gasteiger partial charge in [-0.25, -0.2) is 0 Å². The van der Waals surface area contributed by atoms with E-state index in [1.165, 1.54) is 0 Å². The Morgan fingerprint density at radius 3 is 2.50 bits per heavy atom. The van der Waals surface area contributed by atoms with Gasteiger partial charge >= 0.3 is 0 Å². The largest absolute Gasteiger partial charge is 0.392 e. The molecule has 0 aromatic rings. The Morgan fingerprint density at radius 2 is 1.85 bits per heavy atom. The molecule has 2 N–H and O–H groups in total. The molecule has 2 aliphatic heterocycles. The molecule has 0 unspecified atom stereocenters. The van der Waals surface area contributed by atoms with Gasteiger partial charge in [0.05, 0.1) is 25.9 Å². The highest BCUT2D eigenvalue weighted by Gasteiger charge is 2.54. The van der Waals surface area contributed by atoms with Crippen molar-refractivity contribution in [3.05, 3.63) is 0 Å². The van der Waals surface area contributed by atoms with Crippen LogP contribution in [0.1, 0.15) is 19.3 Å². The first kappa shape index (κ1) is 14.3. The van der Waals surface area contributed by atoms with E-state index in [1.54, 1.807) is 0 Å². The number of aliphatic hydroxyl groups is 1. The molecule has 3 aliphatic rings. The highest BCUT2D eigenvalue weighted by molar-refractivity contribution is 5.78. The van der Waals surface area contributed by atoms with Gasteiger partial charge in [0.15, 0.2) is 0 Å². The van der Waals surface area contributed by atoms with E-state index in [-0.39, 0.29) is 23.5 Å². The van der Waals surface area contributed by atoms with Gasteiger partial charge in [0.2, 0.25) is 5.91 Å². The molecule has 2 heterocycles. The van der Waals surface area contributed by atoms with E-state index in [0.29, 0.717) is 46.1 Å². The van der Waals surface area contributed by atoms with E-state index in [2.05, 4.69) is 5.32 Å². The van der Waals surface area contributed by atoms with E-state index < -0.39 is 0 Å². The maximum atomic E-state index is 12.1. The first-order valence-corrected chi connectivity index (χ1v) is 7.57. The number of nitrogens with one attached hydrogen (secondary N) is 1. The molecular weight excluding hydrogens is 260 g/mol. The Hall–Kier alpha value is -0.690. The van der Waals surface area contributed by atoms with E-state index in [4.69, 9.17) is 9.47 Å². The van der Waals surface area contributed by atoms with Gasteiger partial charge in [-0.2, -0.15) is 0 Å². The summed E-state index contributed by atoms with van der Waals surface area (Å²) in [5.41, 5.74) is -0.0659. The van der Waals surface area contributed by atoms with Gasteiger partial charge in [-0.15, -0.1) is 0 Å². The number of rotatable bonds is 3. The molecule has 2 atom stereocenters. The van der Waals surface area contributed by atoms with Gasteiger partial charge in [-0.3, -0.25) is 4.79 Å². The van der Waals surface area contributed by atoms with Crippen LogP contribution in [0.5, 0.6) is 0 Å². The molecular formula is C14H24N2O4. The number of amides is 1. The number of aliphatic hydroxyl groups excluding tert-OH is 1. The third-order valence-corrected chi connectivity index (χ3v) is 5.10. The lowest BCUT2D eigenvalue weighted by molar-refractivity contribution is -0.152. The van der Waals surface area contributed by atoms with Crippen LogP contribution in [0.3, 0.4) is 0 Å². The zero-order valence-electron chi connectivity index (χ0n) is 11.8. The second kappa shape index (κ2) is 5.97. The minimum atomic E-state index is -0.248. The van der Waals surface area contributed by atoms with Crippen molar-refractivity contribution < 1.29 is 19.4 Å². The lowest BCUT2D eigenvalue weighted by Gasteiger charge is -2.56. The van der Waals surface area contributed by atoms with Crippen molar-refractivity contribution in [2.45, 2.75) is 31.4 Å². The van der Waals surface area contributed by atoms with Crippen molar-refractivity contribution in [2.24, 2.45) is 5.41 Å². The zero-order valence-corrected chi connectivity index (χ0v) is 11.8. The summed E-state index contributed by atoms with van der Waals surface area (Å²) in [5, 5.41) is 13.5. The van der Waals surface area contributed by atoms with Gasteiger partial charge in [0, 0.05) is 37.8 Å². The molecule has 3 fully saturated rings. The second-order valence-electron chi connectivity index (χ2n) is 6.02. The average Bonchev–Trinajstić information content (AvgIpc) is 2.52. The summed E-state index contributed by atoms with van der Waals surface area (Å²) in [6.07, 6.45) is 2.27. The number of hydrogen-bond acceptors (Lipinski definition) is 5. The van der Waals surface area contributed by atoms with Crippen molar-refractivity contribution in [3.8, 4) is 0 Å². The highest BCUT2D eigenvalue weighted by Crippen LogP contribution is 2.48. The fourth-order valence-corrected chi connectivity index (χ4v) is 3.62. The van der Waals surface area contributed by atoms with Gasteiger partial charge in [-0.1, -0.05) is 0 Å². The molecule has 0 aromatic carbocycles. The summed E-state index contributed by atoms with van der Waals surface area (Å²) in [6, 6.07) is 0.242. The molecule has 1 amide bonds. The lowest BCUT2D eigenvalue weighted by atomic mass is 9.58. The van der Waals surface area contributed by atoms with E-state index in [9.17, 15) is 9.90 Å². The lowest BCUT2D eigenvalue weighted by Crippen LogP contribution is -2.65. The molecule has 20 heavy (non-hydrogen) atoms. The molecule has 0 radical (unpaired) electrons. The Labute approximate surface area is 119 Å². The van der Waals surface area contributed by atoms with Gasteiger partial charge in [0.1, 0.15) is 0 Å². The van der Waals surface area contributed by atoms with Crippen LogP contribution in [0.2, 0.25) is 0 Å². The van der Waals surface area contributed by atoms with Gasteiger partial charge in [0.25, 0.3) is 0 Å². The zero-order chi connectivity index (χ0) is 14.0. The van der Waals surface area contributed by atoms with Crippen molar-refractivity contribution in [1.82, 2.24) is 10.2 Å². The number of hydrogen-bond donors (Lipinski definition) is 2. The smallest absolute Gasteiger partial charge is 0.236 e. The van der Waals surface area contributed by atoms with Crippen LogP contribution < -0.4 is 5.32 Å². The van der Waals surface area contributed by atoms with Crippen LogP contribution in [-0.4, -0.2) is 74.1 Å². The SMILES string of the molecule is O=C(CN[C@@H]1C[C@@H](O)C12CCOCC2)N1CCOCC1. The maximum absolute atomic E-state index is 12.1. The fraction of sp³-hybridized carbons (Fsp3) is 0.929.